The summed E-state index contributed by atoms with van der Waals surface area (Å²) in [6.07, 6.45) is 1.84. The minimum Gasteiger partial charge on any atom is -0.379 e. The van der Waals surface area contributed by atoms with E-state index in [-0.39, 0.29) is 0 Å². The number of nitrogens with one attached hydrogen (secondary N) is 1. The maximum absolute atomic E-state index is 11.4. The molecular formula is C17H16ClN5O. The lowest BCUT2D eigenvalue weighted by atomic mass is 10.1. The number of hydrogen-bond donors (Lipinski definition) is 2. The number of carbonyl (C=O) groups excluding carboxylic acids is 1. The van der Waals surface area contributed by atoms with Gasteiger partial charge in [-0.05, 0) is 48.9 Å². The van der Waals surface area contributed by atoms with Crippen molar-refractivity contribution in [2.45, 2.75) is 13.5 Å². The van der Waals surface area contributed by atoms with Crippen LogP contribution < -0.4 is 11.1 Å². The van der Waals surface area contributed by atoms with E-state index in [9.17, 15) is 4.79 Å². The molecule has 0 saturated carbocycles. The summed E-state index contributed by atoms with van der Waals surface area (Å²) in [5, 5.41) is 12.2. The molecule has 24 heavy (non-hydrogen) atoms. The summed E-state index contributed by atoms with van der Waals surface area (Å²) in [5.74, 6) is -0.440. The Morgan fingerprint density at radius 2 is 2.00 bits per heavy atom. The van der Waals surface area contributed by atoms with Gasteiger partial charge in [-0.2, -0.15) is 0 Å². The van der Waals surface area contributed by atoms with Crippen molar-refractivity contribution in [1.82, 2.24) is 15.0 Å². The van der Waals surface area contributed by atoms with Crippen LogP contribution >= 0.6 is 11.6 Å². The van der Waals surface area contributed by atoms with Gasteiger partial charge in [0.1, 0.15) is 5.69 Å². The van der Waals surface area contributed by atoms with Gasteiger partial charge in [-0.15, -0.1) is 5.10 Å². The van der Waals surface area contributed by atoms with E-state index in [4.69, 9.17) is 17.3 Å². The number of aromatic nitrogens is 3. The number of anilines is 1. The second-order valence-electron chi connectivity index (χ2n) is 5.33. The number of nitrogens with zero attached hydrogens (tertiary/aromatic N) is 3. The highest BCUT2D eigenvalue weighted by atomic mass is 35.5. The van der Waals surface area contributed by atoms with Crippen LogP contribution in [0, 0.1) is 6.92 Å². The minimum absolute atomic E-state index is 0.440. The van der Waals surface area contributed by atoms with E-state index in [1.54, 1.807) is 28.9 Å². The summed E-state index contributed by atoms with van der Waals surface area (Å²) in [4.78, 5) is 11.4. The third-order valence-corrected chi connectivity index (χ3v) is 3.94. The van der Waals surface area contributed by atoms with Gasteiger partial charge in [-0.25, -0.2) is 4.68 Å². The Balaban J connectivity index is 1.73. The van der Waals surface area contributed by atoms with Gasteiger partial charge in [-0.1, -0.05) is 22.9 Å². The summed E-state index contributed by atoms with van der Waals surface area (Å²) in [6, 6.07) is 12.7. The normalized spacial score (nSPS) is 10.6. The van der Waals surface area contributed by atoms with Gasteiger partial charge in [0.2, 0.25) is 5.91 Å². The van der Waals surface area contributed by atoms with Crippen LogP contribution in [0.15, 0.2) is 48.7 Å². The lowest BCUT2D eigenvalue weighted by Crippen LogP contribution is -2.14. The highest BCUT2D eigenvalue weighted by Crippen LogP contribution is 2.19. The SMILES string of the molecule is Cc1c(NCc2cn(-c3ccc(Cl)cc3)nn2)cccc1C(N)=O. The van der Waals surface area contributed by atoms with Gasteiger partial charge in [0, 0.05) is 16.3 Å². The van der Waals surface area contributed by atoms with Crippen molar-refractivity contribution in [3.63, 3.8) is 0 Å². The molecule has 0 spiro atoms. The number of hydrogen-bond acceptors (Lipinski definition) is 4. The average Bonchev–Trinajstić information content (AvgIpc) is 3.03. The molecule has 0 aliphatic heterocycles. The monoisotopic (exact) mass is 341 g/mol. The molecule has 3 rings (SSSR count). The minimum atomic E-state index is -0.440. The van der Waals surface area contributed by atoms with Gasteiger partial charge in [0.25, 0.3) is 0 Å². The van der Waals surface area contributed by atoms with Gasteiger partial charge >= 0.3 is 0 Å². The third kappa shape index (κ3) is 3.38. The number of nitrogens with two attached hydrogens (primary N) is 1. The standard InChI is InChI=1S/C17H16ClN5O/c1-11-15(17(19)24)3-2-4-16(11)20-9-13-10-23(22-21-13)14-7-5-12(18)6-8-14/h2-8,10,20H,9H2,1H3,(H2,19,24). The maximum Gasteiger partial charge on any atom is 0.249 e. The Hall–Kier alpha value is -2.86. The molecule has 0 saturated heterocycles. The Labute approximate surface area is 144 Å². The van der Waals surface area contributed by atoms with E-state index in [0.29, 0.717) is 17.1 Å². The van der Waals surface area contributed by atoms with Crippen LogP contribution in [0.25, 0.3) is 5.69 Å². The number of benzene rings is 2. The summed E-state index contributed by atoms with van der Waals surface area (Å²) in [5.41, 5.74) is 9.18. The average molecular weight is 342 g/mol. The lowest BCUT2D eigenvalue weighted by Gasteiger charge is -2.10. The second kappa shape index (κ2) is 6.72. The van der Waals surface area contributed by atoms with Crippen molar-refractivity contribution in [2.75, 3.05) is 5.32 Å². The van der Waals surface area contributed by atoms with Gasteiger partial charge in [0.05, 0.1) is 18.4 Å². The van der Waals surface area contributed by atoms with Gasteiger partial charge in [-0.3, -0.25) is 4.79 Å². The number of amides is 1. The zero-order valence-corrected chi connectivity index (χ0v) is 13.8. The Kier molecular flexibility index (Phi) is 4.48. The number of primary amides is 1. The first kappa shape index (κ1) is 16.0. The van der Waals surface area contributed by atoms with Crippen LogP contribution in [0.4, 0.5) is 5.69 Å². The molecule has 0 bridgehead atoms. The van der Waals surface area contributed by atoms with Crippen molar-refractivity contribution in [2.24, 2.45) is 5.73 Å². The molecule has 7 heteroatoms. The van der Waals surface area contributed by atoms with E-state index in [2.05, 4.69) is 15.6 Å². The van der Waals surface area contributed by atoms with Crippen LogP contribution in [0.2, 0.25) is 5.02 Å². The fourth-order valence-corrected chi connectivity index (χ4v) is 2.51. The smallest absolute Gasteiger partial charge is 0.249 e. The van der Waals surface area contributed by atoms with Crippen LogP contribution in [0.1, 0.15) is 21.6 Å². The summed E-state index contributed by atoms with van der Waals surface area (Å²) in [7, 11) is 0. The largest absolute Gasteiger partial charge is 0.379 e. The van der Waals surface area contributed by atoms with E-state index < -0.39 is 5.91 Å². The fourth-order valence-electron chi connectivity index (χ4n) is 2.38. The molecule has 6 nitrogen and oxygen atoms in total. The molecule has 0 unspecified atom stereocenters. The van der Waals surface area contributed by atoms with Crippen molar-refractivity contribution >= 4 is 23.2 Å². The molecule has 3 aromatic rings. The van der Waals surface area contributed by atoms with Crippen LogP contribution in [-0.2, 0) is 6.54 Å². The highest BCUT2D eigenvalue weighted by molar-refractivity contribution is 6.30. The molecular weight excluding hydrogens is 326 g/mol. The van der Waals surface area contributed by atoms with E-state index in [1.807, 2.05) is 31.3 Å². The molecule has 1 aromatic heterocycles. The fraction of sp³-hybridized carbons (Fsp3) is 0.118. The zero-order chi connectivity index (χ0) is 17.1. The number of rotatable bonds is 5. The first-order valence-electron chi connectivity index (χ1n) is 7.35. The van der Waals surface area contributed by atoms with E-state index >= 15 is 0 Å². The van der Waals surface area contributed by atoms with Crippen molar-refractivity contribution in [3.8, 4) is 5.69 Å². The molecule has 122 valence electrons. The van der Waals surface area contributed by atoms with Crippen molar-refractivity contribution in [1.29, 1.82) is 0 Å². The Bertz CT molecular complexity index is 873. The first-order chi connectivity index (χ1) is 11.5. The summed E-state index contributed by atoms with van der Waals surface area (Å²) in [6.45, 7) is 2.34. The zero-order valence-electron chi connectivity index (χ0n) is 13.0. The van der Waals surface area contributed by atoms with E-state index in [0.717, 1.165) is 22.6 Å². The molecule has 2 aromatic carbocycles. The predicted molar refractivity (Wildman–Crippen MR) is 93.4 cm³/mol. The predicted octanol–water partition coefficient (Wildman–Crippen LogP) is 2.94. The summed E-state index contributed by atoms with van der Waals surface area (Å²) >= 11 is 5.88. The first-order valence-corrected chi connectivity index (χ1v) is 7.73. The molecule has 0 radical (unpaired) electrons. The lowest BCUT2D eigenvalue weighted by molar-refractivity contribution is 0.1000. The highest BCUT2D eigenvalue weighted by Gasteiger charge is 2.09. The molecule has 1 amide bonds. The molecule has 0 fully saturated rings. The van der Waals surface area contributed by atoms with E-state index in [1.165, 1.54) is 0 Å². The number of carbonyl (C=O) groups is 1. The van der Waals surface area contributed by atoms with Crippen molar-refractivity contribution in [3.05, 3.63) is 70.5 Å². The molecule has 1 heterocycles. The molecule has 3 N–H and O–H groups in total. The Morgan fingerprint density at radius 1 is 1.25 bits per heavy atom. The van der Waals surface area contributed by atoms with Crippen LogP contribution in [0.3, 0.4) is 0 Å². The maximum atomic E-state index is 11.4. The van der Waals surface area contributed by atoms with Crippen molar-refractivity contribution < 1.29 is 4.79 Å². The Morgan fingerprint density at radius 3 is 2.71 bits per heavy atom. The third-order valence-electron chi connectivity index (χ3n) is 3.69. The molecule has 0 aliphatic rings. The van der Waals surface area contributed by atoms with Gasteiger partial charge < -0.3 is 11.1 Å². The van der Waals surface area contributed by atoms with Gasteiger partial charge in [0.15, 0.2) is 0 Å². The quantitative estimate of drug-likeness (QED) is 0.747. The topological polar surface area (TPSA) is 85.8 Å². The van der Waals surface area contributed by atoms with Crippen LogP contribution in [-0.4, -0.2) is 20.9 Å². The number of halogens is 1. The molecule has 0 aliphatic carbocycles. The van der Waals surface area contributed by atoms with Crippen LogP contribution in [0.5, 0.6) is 0 Å². The molecule has 0 atom stereocenters. The second-order valence-corrected chi connectivity index (χ2v) is 5.76. The summed E-state index contributed by atoms with van der Waals surface area (Å²) < 4.78 is 1.68.